The molecule has 0 aliphatic carbocycles. The molecule has 5 nitrogen and oxygen atoms in total. The summed E-state index contributed by atoms with van der Waals surface area (Å²) in [5.41, 5.74) is 5.60. The van der Waals surface area contributed by atoms with E-state index in [0.29, 0.717) is 19.0 Å². The van der Waals surface area contributed by atoms with E-state index in [-0.39, 0.29) is 17.7 Å². The van der Waals surface area contributed by atoms with Gasteiger partial charge in [0.2, 0.25) is 11.8 Å². The number of likely N-dealkylation sites (N-methyl/N-ethyl adjacent to an activating group) is 1. The summed E-state index contributed by atoms with van der Waals surface area (Å²) < 4.78 is 0. The van der Waals surface area contributed by atoms with Crippen LogP contribution in [-0.4, -0.2) is 42.9 Å². The number of nitrogens with two attached hydrogens (primary N) is 1. The maximum atomic E-state index is 12.0. The van der Waals surface area contributed by atoms with E-state index in [1.165, 1.54) is 0 Å². The smallest absolute Gasteiger partial charge is 0.244 e. The summed E-state index contributed by atoms with van der Waals surface area (Å²) in [5, 5.41) is 2.74. The molecule has 106 valence electrons. The Morgan fingerprint density at radius 3 is 2.22 bits per heavy atom. The van der Waals surface area contributed by atoms with Crippen LogP contribution in [0.3, 0.4) is 0 Å². The Morgan fingerprint density at radius 1 is 1.28 bits per heavy atom. The average molecular weight is 257 g/mol. The number of hydrogen-bond donors (Lipinski definition) is 2. The molecule has 0 aromatic rings. The van der Waals surface area contributed by atoms with Crippen LogP contribution in [0.15, 0.2) is 0 Å². The van der Waals surface area contributed by atoms with Crippen molar-refractivity contribution in [1.82, 2.24) is 10.2 Å². The summed E-state index contributed by atoms with van der Waals surface area (Å²) in [6.07, 6.45) is 0.743. The molecule has 18 heavy (non-hydrogen) atoms. The van der Waals surface area contributed by atoms with Crippen molar-refractivity contribution in [3.63, 3.8) is 0 Å². The molecule has 0 aliphatic rings. The third kappa shape index (κ3) is 5.49. The number of rotatable bonds is 7. The van der Waals surface area contributed by atoms with E-state index < -0.39 is 6.04 Å². The van der Waals surface area contributed by atoms with Crippen molar-refractivity contribution in [3.8, 4) is 0 Å². The first-order valence-electron chi connectivity index (χ1n) is 6.58. The summed E-state index contributed by atoms with van der Waals surface area (Å²) >= 11 is 0. The number of carbonyl (C=O) groups excluding carboxylic acids is 2. The Hall–Kier alpha value is -1.10. The van der Waals surface area contributed by atoms with Crippen LogP contribution in [0.25, 0.3) is 0 Å². The van der Waals surface area contributed by atoms with Gasteiger partial charge in [0, 0.05) is 20.1 Å². The lowest BCUT2D eigenvalue weighted by molar-refractivity contribution is -0.135. The molecular formula is C13H27N3O2. The van der Waals surface area contributed by atoms with Crippen molar-refractivity contribution in [3.05, 3.63) is 0 Å². The second kappa shape index (κ2) is 8.08. The second-order valence-electron chi connectivity index (χ2n) is 5.14. The van der Waals surface area contributed by atoms with Crippen molar-refractivity contribution in [2.75, 3.05) is 20.1 Å². The standard InChI is InChI=1S/C13H27N3O2/c1-6-16(5)13(18)10(4)15-12(17)11(8-14)7-9(2)3/h9-11H,6-8,14H2,1-5H3,(H,15,17). The van der Waals surface area contributed by atoms with Crippen LogP contribution in [-0.2, 0) is 9.59 Å². The van der Waals surface area contributed by atoms with Gasteiger partial charge in [-0.05, 0) is 26.2 Å². The third-order valence-corrected chi connectivity index (χ3v) is 2.99. The summed E-state index contributed by atoms with van der Waals surface area (Å²) in [4.78, 5) is 25.4. The Kier molecular flexibility index (Phi) is 7.59. The normalized spacial score (nSPS) is 14.2. The molecule has 0 radical (unpaired) electrons. The number of amides is 2. The Balaban J connectivity index is 4.40. The lowest BCUT2D eigenvalue weighted by Gasteiger charge is -2.23. The van der Waals surface area contributed by atoms with Crippen molar-refractivity contribution in [2.45, 2.75) is 40.2 Å². The predicted molar refractivity (Wildman–Crippen MR) is 72.9 cm³/mol. The minimum atomic E-state index is -0.497. The third-order valence-electron chi connectivity index (χ3n) is 2.99. The maximum absolute atomic E-state index is 12.0. The van der Waals surface area contributed by atoms with Gasteiger partial charge < -0.3 is 16.0 Å². The second-order valence-corrected chi connectivity index (χ2v) is 5.14. The molecule has 0 bridgehead atoms. The molecule has 2 unspecified atom stereocenters. The summed E-state index contributed by atoms with van der Waals surface area (Å²) in [7, 11) is 1.72. The van der Waals surface area contributed by atoms with Gasteiger partial charge in [0.05, 0.1) is 5.92 Å². The van der Waals surface area contributed by atoms with Gasteiger partial charge in [0.1, 0.15) is 6.04 Å². The molecule has 0 rings (SSSR count). The van der Waals surface area contributed by atoms with E-state index in [0.717, 1.165) is 6.42 Å². The summed E-state index contributed by atoms with van der Waals surface area (Å²) in [5.74, 6) is -0.0106. The van der Waals surface area contributed by atoms with Crippen LogP contribution >= 0.6 is 0 Å². The molecule has 0 saturated heterocycles. The Labute approximate surface area is 110 Å². The van der Waals surface area contributed by atoms with E-state index in [9.17, 15) is 9.59 Å². The van der Waals surface area contributed by atoms with Crippen LogP contribution in [0.2, 0.25) is 0 Å². The van der Waals surface area contributed by atoms with Crippen LogP contribution in [0.5, 0.6) is 0 Å². The van der Waals surface area contributed by atoms with Gasteiger partial charge in [-0.1, -0.05) is 13.8 Å². The van der Waals surface area contributed by atoms with Crippen molar-refractivity contribution in [1.29, 1.82) is 0 Å². The van der Waals surface area contributed by atoms with E-state index >= 15 is 0 Å². The number of nitrogens with one attached hydrogen (secondary N) is 1. The molecule has 0 aromatic carbocycles. The van der Waals surface area contributed by atoms with Crippen LogP contribution in [0.4, 0.5) is 0 Å². The largest absolute Gasteiger partial charge is 0.344 e. The van der Waals surface area contributed by atoms with Gasteiger partial charge in [-0.2, -0.15) is 0 Å². The zero-order valence-electron chi connectivity index (χ0n) is 12.2. The highest BCUT2D eigenvalue weighted by molar-refractivity contribution is 5.88. The number of nitrogens with zero attached hydrogens (tertiary/aromatic N) is 1. The highest BCUT2D eigenvalue weighted by Gasteiger charge is 2.23. The molecule has 0 heterocycles. The van der Waals surface area contributed by atoms with Gasteiger partial charge >= 0.3 is 0 Å². The fourth-order valence-electron chi connectivity index (χ4n) is 1.76. The predicted octanol–water partition coefficient (Wildman–Crippen LogP) is 0.590. The van der Waals surface area contributed by atoms with Crippen LogP contribution in [0, 0.1) is 11.8 Å². The molecule has 0 fully saturated rings. The highest BCUT2D eigenvalue weighted by Crippen LogP contribution is 2.11. The fraction of sp³-hybridized carbons (Fsp3) is 0.846. The molecule has 0 spiro atoms. The maximum Gasteiger partial charge on any atom is 0.244 e. The lowest BCUT2D eigenvalue weighted by Crippen LogP contribution is -2.48. The minimum absolute atomic E-state index is 0.0776. The zero-order valence-corrected chi connectivity index (χ0v) is 12.2. The monoisotopic (exact) mass is 257 g/mol. The summed E-state index contributed by atoms with van der Waals surface area (Å²) in [6, 6.07) is -0.497. The van der Waals surface area contributed by atoms with Gasteiger partial charge in [0.25, 0.3) is 0 Å². The van der Waals surface area contributed by atoms with Crippen LogP contribution in [0.1, 0.15) is 34.1 Å². The molecule has 0 saturated carbocycles. The first-order chi connectivity index (χ1) is 8.33. The fourth-order valence-corrected chi connectivity index (χ4v) is 1.76. The van der Waals surface area contributed by atoms with Gasteiger partial charge in [0.15, 0.2) is 0 Å². The highest BCUT2D eigenvalue weighted by atomic mass is 16.2. The first-order valence-corrected chi connectivity index (χ1v) is 6.58. The molecule has 2 amide bonds. The quantitative estimate of drug-likeness (QED) is 0.701. The van der Waals surface area contributed by atoms with Crippen molar-refractivity contribution >= 4 is 11.8 Å². The molecular weight excluding hydrogens is 230 g/mol. The van der Waals surface area contributed by atoms with Gasteiger partial charge in [-0.15, -0.1) is 0 Å². The van der Waals surface area contributed by atoms with E-state index in [1.807, 2.05) is 6.92 Å². The minimum Gasteiger partial charge on any atom is -0.344 e. The first kappa shape index (κ1) is 16.9. The molecule has 5 heteroatoms. The molecule has 3 N–H and O–H groups in total. The molecule has 2 atom stereocenters. The van der Waals surface area contributed by atoms with Crippen molar-refractivity contribution < 1.29 is 9.59 Å². The summed E-state index contributed by atoms with van der Waals surface area (Å²) in [6.45, 7) is 8.65. The van der Waals surface area contributed by atoms with Gasteiger partial charge in [-0.3, -0.25) is 9.59 Å². The zero-order chi connectivity index (χ0) is 14.3. The topological polar surface area (TPSA) is 75.4 Å². The number of hydrogen-bond acceptors (Lipinski definition) is 3. The van der Waals surface area contributed by atoms with E-state index in [1.54, 1.807) is 18.9 Å². The van der Waals surface area contributed by atoms with Crippen LogP contribution < -0.4 is 11.1 Å². The van der Waals surface area contributed by atoms with Gasteiger partial charge in [-0.25, -0.2) is 0 Å². The van der Waals surface area contributed by atoms with Crippen molar-refractivity contribution in [2.24, 2.45) is 17.6 Å². The van der Waals surface area contributed by atoms with E-state index in [4.69, 9.17) is 5.73 Å². The SMILES string of the molecule is CCN(C)C(=O)C(C)NC(=O)C(CN)CC(C)C. The number of carbonyl (C=O) groups is 2. The average Bonchev–Trinajstić information content (AvgIpc) is 2.33. The Bertz CT molecular complexity index is 279. The Morgan fingerprint density at radius 2 is 1.83 bits per heavy atom. The van der Waals surface area contributed by atoms with E-state index in [2.05, 4.69) is 19.2 Å². The lowest BCUT2D eigenvalue weighted by atomic mass is 9.96. The molecule has 0 aromatic heterocycles. The molecule has 0 aliphatic heterocycles.